The van der Waals surface area contributed by atoms with Crippen LogP contribution in [0.1, 0.15) is 18.9 Å². The first-order chi connectivity index (χ1) is 6.79. The van der Waals surface area contributed by atoms with Gasteiger partial charge in [0.25, 0.3) is 0 Å². The fourth-order valence-corrected chi connectivity index (χ4v) is 2.68. The lowest BCUT2D eigenvalue weighted by Crippen LogP contribution is -2.29. The number of rotatable bonds is 2. The summed E-state index contributed by atoms with van der Waals surface area (Å²) in [5, 5.41) is 4.33. The summed E-state index contributed by atoms with van der Waals surface area (Å²) in [4.78, 5) is 0. The molecule has 78 valence electrons. The molecule has 0 bridgehead atoms. The van der Waals surface area contributed by atoms with E-state index in [1.54, 1.807) is 0 Å². The Morgan fingerprint density at radius 3 is 2.71 bits per heavy atom. The van der Waals surface area contributed by atoms with Gasteiger partial charge < -0.3 is 0 Å². The Hall–Kier alpha value is -0.0000000000000000555. The van der Waals surface area contributed by atoms with Crippen LogP contribution in [0.5, 0.6) is 0 Å². The van der Waals surface area contributed by atoms with Crippen LogP contribution in [0.2, 0.25) is 0 Å². The number of piperidine rings is 1. The van der Waals surface area contributed by atoms with Crippen molar-refractivity contribution < 1.29 is 0 Å². The van der Waals surface area contributed by atoms with Gasteiger partial charge in [-0.25, -0.2) is 0 Å². The second-order valence-electron chi connectivity index (χ2n) is 3.48. The Morgan fingerprint density at radius 1 is 1.50 bits per heavy atom. The second-order valence-corrected chi connectivity index (χ2v) is 5.28. The molecule has 0 amide bonds. The second kappa shape index (κ2) is 4.68. The summed E-state index contributed by atoms with van der Waals surface area (Å²) in [6.07, 6.45) is 8.48. The van der Waals surface area contributed by atoms with Gasteiger partial charge in [-0.15, -0.1) is 0 Å². The van der Waals surface area contributed by atoms with Gasteiger partial charge in [-0.1, -0.05) is 11.9 Å². The highest BCUT2D eigenvalue weighted by atomic mass is 79.9. The first kappa shape index (κ1) is 10.5. The van der Waals surface area contributed by atoms with Gasteiger partial charge in [0.1, 0.15) is 0 Å². The molecular weight excluding hydrogens is 262 g/mol. The fraction of sp³-hybridized carbons (Fsp3) is 0.667. The molecule has 0 unspecified atom stereocenters. The minimum atomic E-state index is 0.588. The van der Waals surface area contributed by atoms with Crippen LogP contribution in [0.25, 0.3) is 0 Å². The molecule has 1 aliphatic rings. The highest BCUT2D eigenvalue weighted by molar-refractivity contribution is 9.10. The molecular formula is C9H14BrN3S. The summed E-state index contributed by atoms with van der Waals surface area (Å²) in [7, 11) is 0. The number of hydrogen-bond donors (Lipinski definition) is 0. The minimum absolute atomic E-state index is 0.588. The van der Waals surface area contributed by atoms with Gasteiger partial charge in [0.15, 0.2) is 0 Å². The fourth-order valence-electron chi connectivity index (χ4n) is 1.80. The predicted octanol–water partition coefficient (Wildman–Crippen LogP) is 2.56. The molecule has 0 radical (unpaired) electrons. The van der Waals surface area contributed by atoms with Crippen molar-refractivity contribution in [2.24, 2.45) is 0 Å². The molecule has 14 heavy (non-hydrogen) atoms. The summed E-state index contributed by atoms with van der Waals surface area (Å²) in [5.41, 5.74) is 0. The molecule has 0 saturated carbocycles. The molecule has 1 saturated heterocycles. The van der Waals surface area contributed by atoms with Crippen molar-refractivity contribution in [2.75, 3.05) is 19.3 Å². The van der Waals surface area contributed by atoms with E-state index in [9.17, 15) is 0 Å². The molecule has 1 fully saturated rings. The van der Waals surface area contributed by atoms with Crippen LogP contribution in [0, 0.1) is 0 Å². The number of nitrogens with zero attached hydrogens (tertiary/aromatic N) is 3. The standard InChI is InChI=1S/C9H14BrN3S/c1-14-12-4-2-9(3-5-12)13-7-8(10)6-11-13/h6-7,9H,2-5H2,1H3. The third-order valence-corrected chi connectivity index (χ3v) is 3.92. The van der Waals surface area contributed by atoms with Crippen LogP contribution >= 0.6 is 27.9 Å². The van der Waals surface area contributed by atoms with Crippen LogP contribution in [-0.4, -0.2) is 33.4 Å². The lowest BCUT2D eigenvalue weighted by atomic mass is 10.1. The Balaban J connectivity index is 1.95. The summed E-state index contributed by atoms with van der Waals surface area (Å²) in [6, 6.07) is 0.588. The SMILES string of the molecule is CSN1CCC(n2cc(Br)cn2)CC1. The summed E-state index contributed by atoms with van der Waals surface area (Å²) >= 11 is 5.27. The molecule has 1 aliphatic heterocycles. The highest BCUT2D eigenvalue weighted by Crippen LogP contribution is 2.25. The van der Waals surface area contributed by atoms with E-state index in [2.05, 4.69) is 42.5 Å². The van der Waals surface area contributed by atoms with Crippen LogP contribution in [0.3, 0.4) is 0 Å². The molecule has 0 atom stereocenters. The van der Waals surface area contributed by atoms with Crippen molar-refractivity contribution in [3.63, 3.8) is 0 Å². The minimum Gasteiger partial charge on any atom is -0.268 e. The maximum absolute atomic E-state index is 4.33. The Kier molecular flexibility index (Phi) is 3.52. The maximum Gasteiger partial charge on any atom is 0.0632 e. The molecule has 2 heterocycles. The smallest absolute Gasteiger partial charge is 0.0632 e. The third-order valence-electron chi connectivity index (χ3n) is 2.63. The average molecular weight is 276 g/mol. The Labute approximate surface area is 97.1 Å². The zero-order valence-corrected chi connectivity index (χ0v) is 10.6. The van der Waals surface area contributed by atoms with E-state index in [0.29, 0.717) is 6.04 Å². The first-order valence-corrected chi connectivity index (χ1v) is 6.76. The van der Waals surface area contributed by atoms with Crippen molar-refractivity contribution in [1.29, 1.82) is 0 Å². The quantitative estimate of drug-likeness (QED) is 0.775. The van der Waals surface area contributed by atoms with Crippen LogP contribution < -0.4 is 0 Å². The first-order valence-electron chi connectivity index (χ1n) is 4.78. The molecule has 0 N–H and O–H groups in total. The molecule has 3 nitrogen and oxygen atoms in total. The lowest BCUT2D eigenvalue weighted by Gasteiger charge is -2.30. The van der Waals surface area contributed by atoms with Gasteiger partial charge in [-0.3, -0.25) is 8.99 Å². The van der Waals surface area contributed by atoms with Gasteiger partial charge in [0.05, 0.1) is 16.7 Å². The number of hydrogen-bond acceptors (Lipinski definition) is 3. The third kappa shape index (κ3) is 2.32. The van der Waals surface area contributed by atoms with Gasteiger partial charge >= 0.3 is 0 Å². The van der Waals surface area contributed by atoms with E-state index in [0.717, 1.165) is 4.47 Å². The largest absolute Gasteiger partial charge is 0.268 e. The van der Waals surface area contributed by atoms with E-state index < -0.39 is 0 Å². The van der Waals surface area contributed by atoms with E-state index in [-0.39, 0.29) is 0 Å². The Bertz CT molecular complexity index is 294. The Morgan fingerprint density at radius 2 is 2.21 bits per heavy atom. The molecule has 5 heteroatoms. The molecule has 1 aromatic rings. The van der Waals surface area contributed by atoms with Gasteiger partial charge in [0, 0.05) is 19.3 Å². The van der Waals surface area contributed by atoms with E-state index in [4.69, 9.17) is 0 Å². The van der Waals surface area contributed by atoms with Crippen LogP contribution in [0.4, 0.5) is 0 Å². The highest BCUT2D eigenvalue weighted by Gasteiger charge is 2.20. The number of aromatic nitrogens is 2. The van der Waals surface area contributed by atoms with Crippen LogP contribution in [0.15, 0.2) is 16.9 Å². The van der Waals surface area contributed by atoms with E-state index in [1.807, 2.05) is 18.1 Å². The summed E-state index contributed by atoms with van der Waals surface area (Å²) in [6.45, 7) is 2.34. The molecule has 0 aromatic carbocycles. The molecule has 2 rings (SSSR count). The van der Waals surface area contributed by atoms with Crippen molar-refractivity contribution in [3.05, 3.63) is 16.9 Å². The van der Waals surface area contributed by atoms with Crippen molar-refractivity contribution in [2.45, 2.75) is 18.9 Å². The van der Waals surface area contributed by atoms with Crippen molar-refractivity contribution in [1.82, 2.24) is 14.1 Å². The van der Waals surface area contributed by atoms with Crippen LogP contribution in [-0.2, 0) is 0 Å². The normalized spacial score (nSPS) is 20.1. The predicted molar refractivity (Wildman–Crippen MR) is 63.3 cm³/mol. The molecule has 0 aliphatic carbocycles. The summed E-state index contributed by atoms with van der Waals surface area (Å²) in [5.74, 6) is 0. The zero-order chi connectivity index (χ0) is 9.97. The molecule has 0 spiro atoms. The number of halogens is 1. The van der Waals surface area contributed by atoms with Crippen molar-refractivity contribution >= 4 is 27.9 Å². The lowest BCUT2D eigenvalue weighted by molar-refractivity contribution is 0.276. The van der Waals surface area contributed by atoms with Gasteiger partial charge in [-0.05, 0) is 35.0 Å². The molecule has 1 aromatic heterocycles. The monoisotopic (exact) mass is 275 g/mol. The van der Waals surface area contributed by atoms with Gasteiger partial charge in [-0.2, -0.15) is 5.10 Å². The topological polar surface area (TPSA) is 21.1 Å². The average Bonchev–Trinajstić information content (AvgIpc) is 2.65. The van der Waals surface area contributed by atoms with Gasteiger partial charge in [0.2, 0.25) is 0 Å². The summed E-state index contributed by atoms with van der Waals surface area (Å²) < 4.78 is 5.57. The van der Waals surface area contributed by atoms with Crippen molar-refractivity contribution in [3.8, 4) is 0 Å². The van der Waals surface area contributed by atoms with E-state index in [1.165, 1.54) is 25.9 Å². The van der Waals surface area contributed by atoms with E-state index >= 15 is 0 Å². The maximum atomic E-state index is 4.33. The zero-order valence-electron chi connectivity index (χ0n) is 8.19.